The van der Waals surface area contributed by atoms with Crippen LogP contribution in [-0.2, 0) is 6.42 Å². The number of aromatic amines is 1. The predicted octanol–water partition coefficient (Wildman–Crippen LogP) is 4.22. The SMILES string of the molecule is CN(C)CCc1cccc(-c2c(O)ccc3[nH]c(=O)c4sccc4c23)c1. The third-order valence-corrected chi connectivity index (χ3v) is 5.55. The summed E-state index contributed by atoms with van der Waals surface area (Å²) < 4.78 is 0.688. The van der Waals surface area contributed by atoms with Gasteiger partial charge in [0.15, 0.2) is 0 Å². The molecule has 0 fully saturated rings. The van der Waals surface area contributed by atoms with E-state index in [9.17, 15) is 9.90 Å². The molecule has 0 aliphatic carbocycles. The van der Waals surface area contributed by atoms with E-state index in [4.69, 9.17) is 0 Å². The number of likely N-dealkylation sites (N-methyl/N-ethyl adjacent to an activating group) is 1. The number of phenolic OH excluding ortho intramolecular Hbond substituents is 1. The summed E-state index contributed by atoms with van der Waals surface area (Å²) in [4.78, 5) is 17.4. The Morgan fingerprint density at radius 2 is 2.00 bits per heavy atom. The fourth-order valence-corrected chi connectivity index (χ4v) is 4.16. The Labute approximate surface area is 155 Å². The molecule has 0 atom stereocenters. The molecule has 0 radical (unpaired) electrons. The molecule has 26 heavy (non-hydrogen) atoms. The highest BCUT2D eigenvalue weighted by atomic mass is 32.1. The van der Waals surface area contributed by atoms with E-state index >= 15 is 0 Å². The van der Waals surface area contributed by atoms with Gasteiger partial charge in [0.2, 0.25) is 0 Å². The van der Waals surface area contributed by atoms with Gasteiger partial charge in [-0.2, -0.15) is 0 Å². The molecule has 0 aliphatic rings. The van der Waals surface area contributed by atoms with Gasteiger partial charge in [-0.1, -0.05) is 24.3 Å². The lowest BCUT2D eigenvalue weighted by molar-refractivity contribution is 0.413. The number of hydrogen-bond acceptors (Lipinski definition) is 4. The fraction of sp³-hybridized carbons (Fsp3) is 0.190. The lowest BCUT2D eigenvalue weighted by atomic mass is 9.95. The largest absolute Gasteiger partial charge is 0.507 e. The number of fused-ring (bicyclic) bond motifs is 3. The first kappa shape index (κ1) is 16.8. The van der Waals surface area contributed by atoms with Gasteiger partial charge in [-0.3, -0.25) is 4.79 Å². The van der Waals surface area contributed by atoms with Gasteiger partial charge in [-0.25, -0.2) is 0 Å². The molecule has 0 saturated carbocycles. The summed E-state index contributed by atoms with van der Waals surface area (Å²) in [7, 11) is 4.12. The minimum absolute atomic E-state index is 0.0844. The quantitative estimate of drug-likeness (QED) is 0.570. The van der Waals surface area contributed by atoms with Crippen LogP contribution in [-0.4, -0.2) is 35.6 Å². The predicted molar refractivity (Wildman–Crippen MR) is 109 cm³/mol. The van der Waals surface area contributed by atoms with E-state index in [1.807, 2.05) is 23.6 Å². The van der Waals surface area contributed by atoms with Crippen LogP contribution in [0.1, 0.15) is 5.56 Å². The third-order valence-electron chi connectivity index (χ3n) is 4.64. The van der Waals surface area contributed by atoms with Crippen LogP contribution in [0.4, 0.5) is 0 Å². The molecule has 0 bridgehead atoms. The van der Waals surface area contributed by atoms with E-state index in [0.29, 0.717) is 4.70 Å². The maximum Gasteiger partial charge on any atom is 0.266 e. The van der Waals surface area contributed by atoms with E-state index in [0.717, 1.165) is 40.4 Å². The second kappa shape index (κ2) is 6.59. The van der Waals surface area contributed by atoms with Gasteiger partial charge in [-0.05, 0) is 55.2 Å². The second-order valence-electron chi connectivity index (χ2n) is 6.75. The van der Waals surface area contributed by atoms with Crippen molar-refractivity contribution in [3.8, 4) is 16.9 Å². The van der Waals surface area contributed by atoms with Crippen LogP contribution in [0.2, 0.25) is 0 Å². The van der Waals surface area contributed by atoms with Crippen molar-refractivity contribution in [2.45, 2.75) is 6.42 Å². The van der Waals surface area contributed by atoms with Crippen LogP contribution in [0.3, 0.4) is 0 Å². The zero-order valence-corrected chi connectivity index (χ0v) is 15.6. The summed E-state index contributed by atoms with van der Waals surface area (Å²) in [6, 6.07) is 13.6. The molecular formula is C21H20N2O2S. The molecule has 2 aromatic heterocycles. The van der Waals surface area contributed by atoms with E-state index < -0.39 is 0 Å². The topological polar surface area (TPSA) is 56.3 Å². The van der Waals surface area contributed by atoms with E-state index in [-0.39, 0.29) is 11.3 Å². The van der Waals surface area contributed by atoms with Crippen molar-refractivity contribution in [3.05, 3.63) is 63.8 Å². The number of pyridine rings is 1. The molecular weight excluding hydrogens is 344 g/mol. The van der Waals surface area contributed by atoms with E-state index in [1.54, 1.807) is 12.1 Å². The molecule has 4 rings (SSSR count). The molecule has 0 spiro atoms. The summed E-state index contributed by atoms with van der Waals surface area (Å²) >= 11 is 1.42. The first-order valence-electron chi connectivity index (χ1n) is 8.54. The first-order chi connectivity index (χ1) is 12.5. The number of H-pyrrole nitrogens is 1. The third kappa shape index (κ3) is 2.89. The number of thiophene rings is 1. The smallest absolute Gasteiger partial charge is 0.266 e. The summed E-state index contributed by atoms with van der Waals surface area (Å²) in [5.41, 5.74) is 3.61. The highest BCUT2D eigenvalue weighted by molar-refractivity contribution is 7.17. The summed E-state index contributed by atoms with van der Waals surface area (Å²) in [6.07, 6.45) is 0.942. The molecule has 4 aromatic rings. The minimum Gasteiger partial charge on any atom is -0.507 e. The number of phenols is 1. The Morgan fingerprint density at radius 1 is 1.15 bits per heavy atom. The molecule has 5 heteroatoms. The molecule has 4 nitrogen and oxygen atoms in total. The fourth-order valence-electron chi connectivity index (χ4n) is 3.36. The Balaban J connectivity index is 1.97. The maximum absolute atomic E-state index is 12.3. The first-order valence-corrected chi connectivity index (χ1v) is 9.42. The van der Waals surface area contributed by atoms with Crippen LogP contribution < -0.4 is 5.56 Å². The van der Waals surface area contributed by atoms with Gasteiger partial charge in [-0.15, -0.1) is 11.3 Å². The van der Waals surface area contributed by atoms with Crippen LogP contribution in [0.25, 0.3) is 32.1 Å². The van der Waals surface area contributed by atoms with Gasteiger partial charge in [0, 0.05) is 28.4 Å². The summed E-state index contributed by atoms with van der Waals surface area (Å²) in [6.45, 7) is 0.965. The van der Waals surface area contributed by atoms with Crippen molar-refractivity contribution in [3.63, 3.8) is 0 Å². The molecule has 132 valence electrons. The van der Waals surface area contributed by atoms with Gasteiger partial charge in [0.05, 0.1) is 0 Å². The van der Waals surface area contributed by atoms with Crippen LogP contribution in [0, 0.1) is 0 Å². The van der Waals surface area contributed by atoms with Gasteiger partial charge in [0.25, 0.3) is 5.56 Å². The van der Waals surface area contributed by atoms with Crippen molar-refractivity contribution < 1.29 is 5.11 Å². The van der Waals surface area contributed by atoms with Crippen molar-refractivity contribution in [2.75, 3.05) is 20.6 Å². The van der Waals surface area contributed by atoms with Crippen LogP contribution in [0.5, 0.6) is 5.75 Å². The molecule has 0 unspecified atom stereocenters. The molecule has 2 heterocycles. The normalized spacial score (nSPS) is 11.7. The van der Waals surface area contributed by atoms with Crippen molar-refractivity contribution in [1.29, 1.82) is 0 Å². The molecule has 0 amide bonds. The Kier molecular flexibility index (Phi) is 4.26. The standard InChI is InChI=1S/C21H20N2O2S/c1-23(2)10-8-13-4-3-5-14(12-13)18-17(24)7-6-16-19(18)15-9-11-26-20(15)21(25)22-16/h3-7,9,11-12,24H,8,10H2,1-2H3,(H,22,25). The van der Waals surface area contributed by atoms with Gasteiger partial charge < -0.3 is 15.0 Å². The maximum atomic E-state index is 12.3. The Hall–Kier alpha value is -2.63. The number of hydrogen-bond donors (Lipinski definition) is 2. The lowest BCUT2D eigenvalue weighted by Gasteiger charge is -2.13. The molecule has 0 saturated heterocycles. The molecule has 2 aromatic carbocycles. The second-order valence-corrected chi connectivity index (χ2v) is 7.67. The lowest BCUT2D eigenvalue weighted by Crippen LogP contribution is -2.15. The monoisotopic (exact) mass is 364 g/mol. The zero-order chi connectivity index (χ0) is 18.3. The number of benzene rings is 2. The van der Waals surface area contributed by atoms with Crippen molar-refractivity contribution >= 4 is 32.3 Å². The number of nitrogens with one attached hydrogen (secondary N) is 1. The van der Waals surface area contributed by atoms with E-state index in [2.05, 4.69) is 36.1 Å². The van der Waals surface area contributed by atoms with Crippen molar-refractivity contribution in [2.24, 2.45) is 0 Å². The summed E-state index contributed by atoms with van der Waals surface area (Å²) in [5.74, 6) is 0.224. The average molecular weight is 364 g/mol. The van der Waals surface area contributed by atoms with Crippen LogP contribution in [0.15, 0.2) is 52.6 Å². The number of nitrogens with zero attached hydrogens (tertiary/aromatic N) is 1. The highest BCUT2D eigenvalue weighted by Gasteiger charge is 2.15. The highest BCUT2D eigenvalue weighted by Crippen LogP contribution is 2.39. The van der Waals surface area contributed by atoms with Crippen molar-refractivity contribution in [1.82, 2.24) is 9.88 Å². The molecule has 2 N–H and O–H groups in total. The Bertz CT molecular complexity index is 1160. The Morgan fingerprint density at radius 3 is 2.81 bits per heavy atom. The number of aromatic nitrogens is 1. The number of rotatable bonds is 4. The average Bonchev–Trinajstić information content (AvgIpc) is 3.11. The minimum atomic E-state index is -0.0844. The van der Waals surface area contributed by atoms with E-state index in [1.165, 1.54) is 16.9 Å². The summed E-state index contributed by atoms with van der Waals surface area (Å²) in [5, 5.41) is 14.3. The molecule has 0 aliphatic heterocycles. The zero-order valence-electron chi connectivity index (χ0n) is 14.7. The van der Waals surface area contributed by atoms with Gasteiger partial charge >= 0.3 is 0 Å². The van der Waals surface area contributed by atoms with Crippen LogP contribution >= 0.6 is 11.3 Å². The van der Waals surface area contributed by atoms with Gasteiger partial charge in [0.1, 0.15) is 10.4 Å². The number of aromatic hydroxyl groups is 1.